The largest absolute Gasteiger partial charge is 0.235 e. The molecule has 0 aliphatic carbocycles. The van der Waals surface area contributed by atoms with Gasteiger partial charge in [0.15, 0.2) is 0 Å². The van der Waals surface area contributed by atoms with E-state index in [1.165, 1.54) is 0 Å². The second kappa shape index (κ2) is 4.52. The summed E-state index contributed by atoms with van der Waals surface area (Å²) in [5.74, 6) is 0.333. The first-order valence-corrected chi connectivity index (χ1v) is 6.49. The van der Waals surface area contributed by atoms with E-state index in [9.17, 15) is 0 Å². The summed E-state index contributed by atoms with van der Waals surface area (Å²) in [6.45, 7) is 4.17. The smallest absolute Gasteiger partial charge is 0.133 e. The Hall–Kier alpha value is -0.310. The second-order valence-corrected chi connectivity index (χ2v) is 5.57. The van der Waals surface area contributed by atoms with Gasteiger partial charge in [0.05, 0.1) is 10.5 Å². The molecule has 16 heavy (non-hydrogen) atoms. The van der Waals surface area contributed by atoms with Gasteiger partial charge < -0.3 is 0 Å². The van der Waals surface area contributed by atoms with Crippen molar-refractivity contribution in [2.45, 2.75) is 19.8 Å². The first-order valence-electron chi connectivity index (χ1n) is 4.95. The molecule has 0 spiro atoms. The van der Waals surface area contributed by atoms with Gasteiger partial charge in [-0.3, -0.25) is 0 Å². The van der Waals surface area contributed by atoms with E-state index in [0.29, 0.717) is 16.1 Å². The zero-order chi connectivity index (χ0) is 11.9. The number of aromatic nitrogens is 1. The predicted molar refractivity (Wildman–Crippen MR) is 73.6 cm³/mol. The second-order valence-electron chi connectivity index (χ2n) is 3.95. The maximum absolute atomic E-state index is 6.15. The molecule has 0 fully saturated rings. The van der Waals surface area contributed by atoms with Gasteiger partial charge in [-0.05, 0) is 45.6 Å². The van der Waals surface area contributed by atoms with Crippen LogP contribution in [0.5, 0.6) is 0 Å². The standard InChI is InChI=1S/C12H10BrCl2N/c1-6(2)7-5-8-10(14)4-3-9(13)11(8)16-12(7)15/h3-6H,1-2H3. The number of fused-ring (bicyclic) bond motifs is 1. The lowest BCUT2D eigenvalue weighted by molar-refractivity contribution is 0.862. The minimum absolute atomic E-state index is 0.333. The van der Waals surface area contributed by atoms with Crippen LogP contribution < -0.4 is 0 Å². The van der Waals surface area contributed by atoms with E-state index in [2.05, 4.69) is 34.8 Å². The van der Waals surface area contributed by atoms with Gasteiger partial charge >= 0.3 is 0 Å². The highest BCUT2D eigenvalue weighted by Gasteiger charge is 2.12. The van der Waals surface area contributed by atoms with E-state index in [0.717, 1.165) is 20.9 Å². The summed E-state index contributed by atoms with van der Waals surface area (Å²) in [5.41, 5.74) is 1.83. The van der Waals surface area contributed by atoms with Gasteiger partial charge in [0, 0.05) is 9.86 Å². The molecule has 0 bridgehead atoms. The van der Waals surface area contributed by atoms with Gasteiger partial charge in [0.2, 0.25) is 0 Å². The number of benzene rings is 1. The molecule has 0 saturated carbocycles. The Bertz CT molecular complexity index is 552. The number of rotatable bonds is 1. The van der Waals surface area contributed by atoms with Crippen molar-refractivity contribution >= 4 is 50.0 Å². The molecule has 0 saturated heterocycles. The Balaban J connectivity index is 2.84. The fourth-order valence-electron chi connectivity index (χ4n) is 1.59. The van der Waals surface area contributed by atoms with Crippen molar-refractivity contribution in [1.82, 2.24) is 4.98 Å². The highest BCUT2D eigenvalue weighted by Crippen LogP contribution is 2.33. The van der Waals surface area contributed by atoms with Crippen LogP contribution in [0.2, 0.25) is 10.2 Å². The fraction of sp³-hybridized carbons (Fsp3) is 0.250. The lowest BCUT2D eigenvalue weighted by atomic mass is 10.0. The third-order valence-electron chi connectivity index (χ3n) is 2.48. The molecule has 0 atom stereocenters. The number of hydrogen-bond acceptors (Lipinski definition) is 1. The molecule has 0 unspecified atom stereocenters. The summed E-state index contributed by atoms with van der Waals surface area (Å²) in [6.07, 6.45) is 0. The van der Waals surface area contributed by atoms with Crippen molar-refractivity contribution in [3.05, 3.63) is 38.4 Å². The van der Waals surface area contributed by atoms with Gasteiger partial charge in [-0.25, -0.2) is 4.98 Å². The van der Waals surface area contributed by atoms with Crippen LogP contribution in [-0.2, 0) is 0 Å². The van der Waals surface area contributed by atoms with Gasteiger partial charge in [0.25, 0.3) is 0 Å². The van der Waals surface area contributed by atoms with Crippen molar-refractivity contribution in [2.24, 2.45) is 0 Å². The first-order chi connectivity index (χ1) is 7.50. The van der Waals surface area contributed by atoms with E-state index in [1.54, 1.807) is 0 Å². The molecule has 84 valence electrons. The van der Waals surface area contributed by atoms with Gasteiger partial charge in [-0.1, -0.05) is 37.0 Å². The third-order valence-corrected chi connectivity index (χ3v) is 3.76. The highest BCUT2D eigenvalue weighted by atomic mass is 79.9. The molecular formula is C12H10BrCl2N. The van der Waals surface area contributed by atoms with Crippen molar-refractivity contribution in [3.63, 3.8) is 0 Å². The maximum Gasteiger partial charge on any atom is 0.133 e. The quantitative estimate of drug-likeness (QED) is 0.639. The molecule has 0 aliphatic heterocycles. The van der Waals surface area contributed by atoms with Crippen molar-refractivity contribution < 1.29 is 0 Å². The van der Waals surface area contributed by atoms with Crippen LogP contribution in [0.1, 0.15) is 25.3 Å². The maximum atomic E-state index is 6.15. The van der Waals surface area contributed by atoms with Crippen molar-refractivity contribution in [3.8, 4) is 0 Å². The summed E-state index contributed by atoms with van der Waals surface area (Å²) in [4.78, 5) is 4.39. The summed E-state index contributed by atoms with van der Waals surface area (Å²) >= 11 is 15.7. The van der Waals surface area contributed by atoms with E-state index in [4.69, 9.17) is 23.2 Å². The number of pyridine rings is 1. The van der Waals surface area contributed by atoms with Crippen LogP contribution in [0.3, 0.4) is 0 Å². The normalized spacial score (nSPS) is 11.4. The SMILES string of the molecule is CC(C)c1cc2c(Cl)ccc(Br)c2nc1Cl. The molecule has 0 aliphatic rings. The predicted octanol–water partition coefficient (Wildman–Crippen LogP) is 5.43. The molecule has 2 rings (SSSR count). The first kappa shape index (κ1) is 12.2. The minimum Gasteiger partial charge on any atom is -0.235 e. The van der Waals surface area contributed by atoms with Crippen LogP contribution >= 0.6 is 39.1 Å². The molecule has 1 aromatic heterocycles. The summed E-state index contributed by atoms with van der Waals surface area (Å²) < 4.78 is 0.907. The zero-order valence-electron chi connectivity index (χ0n) is 8.89. The summed E-state index contributed by atoms with van der Waals surface area (Å²) in [5, 5.41) is 2.18. The lowest BCUT2D eigenvalue weighted by Crippen LogP contribution is -1.93. The average molecular weight is 319 g/mol. The van der Waals surface area contributed by atoms with Gasteiger partial charge in [-0.15, -0.1) is 0 Å². The lowest BCUT2D eigenvalue weighted by Gasteiger charge is -2.10. The molecule has 0 amide bonds. The Morgan fingerprint density at radius 3 is 2.56 bits per heavy atom. The average Bonchev–Trinajstić information content (AvgIpc) is 2.23. The molecule has 1 heterocycles. The zero-order valence-corrected chi connectivity index (χ0v) is 12.0. The molecule has 4 heteroatoms. The molecule has 1 aromatic carbocycles. The fourth-order valence-corrected chi connectivity index (χ4v) is 2.59. The van der Waals surface area contributed by atoms with Crippen LogP contribution in [0.15, 0.2) is 22.7 Å². The van der Waals surface area contributed by atoms with Gasteiger partial charge in [-0.2, -0.15) is 0 Å². The van der Waals surface area contributed by atoms with E-state index < -0.39 is 0 Å². The minimum atomic E-state index is 0.333. The van der Waals surface area contributed by atoms with Crippen LogP contribution in [0.25, 0.3) is 10.9 Å². The van der Waals surface area contributed by atoms with E-state index in [-0.39, 0.29) is 0 Å². The highest BCUT2D eigenvalue weighted by molar-refractivity contribution is 9.10. The van der Waals surface area contributed by atoms with Gasteiger partial charge in [0.1, 0.15) is 5.15 Å². The van der Waals surface area contributed by atoms with Crippen molar-refractivity contribution in [1.29, 1.82) is 0 Å². The molecule has 1 nitrogen and oxygen atoms in total. The van der Waals surface area contributed by atoms with Crippen LogP contribution in [0.4, 0.5) is 0 Å². The Kier molecular flexibility index (Phi) is 3.43. The number of halogens is 3. The summed E-state index contributed by atoms with van der Waals surface area (Å²) in [6, 6.07) is 5.75. The van der Waals surface area contributed by atoms with Crippen molar-refractivity contribution in [2.75, 3.05) is 0 Å². The Morgan fingerprint density at radius 2 is 1.94 bits per heavy atom. The summed E-state index contributed by atoms with van der Waals surface area (Å²) in [7, 11) is 0. The Morgan fingerprint density at radius 1 is 1.25 bits per heavy atom. The van der Waals surface area contributed by atoms with E-state index in [1.807, 2.05) is 18.2 Å². The number of hydrogen-bond donors (Lipinski definition) is 0. The molecular weight excluding hydrogens is 309 g/mol. The topological polar surface area (TPSA) is 12.9 Å². The molecule has 0 radical (unpaired) electrons. The third kappa shape index (κ3) is 2.06. The molecule has 2 aromatic rings. The number of nitrogens with zero attached hydrogens (tertiary/aromatic N) is 1. The van der Waals surface area contributed by atoms with Crippen LogP contribution in [0, 0.1) is 0 Å². The van der Waals surface area contributed by atoms with E-state index >= 15 is 0 Å². The molecule has 0 N–H and O–H groups in total. The monoisotopic (exact) mass is 317 g/mol. The van der Waals surface area contributed by atoms with Crippen LogP contribution in [-0.4, -0.2) is 4.98 Å². The Labute approximate surface area is 113 Å².